The van der Waals surface area contributed by atoms with Crippen molar-refractivity contribution in [3.8, 4) is 22.3 Å². The third-order valence-corrected chi connectivity index (χ3v) is 11.5. The summed E-state index contributed by atoms with van der Waals surface area (Å²) < 4.78 is 17.2. The molecule has 0 bridgehead atoms. The molecule has 0 atom stereocenters. The van der Waals surface area contributed by atoms with Crippen LogP contribution in [0.15, 0.2) is 78.9 Å². The van der Waals surface area contributed by atoms with Crippen molar-refractivity contribution in [2.45, 2.75) is 12.6 Å². The van der Waals surface area contributed by atoms with Gasteiger partial charge in [-0.2, -0.15) is 0 Å². The molecule has 0 aromatic heterocycles. The van der Waals surface area contributed by atoms with E-state index in [4.69, 9.17) is 9.31 Å². The summed E-state index contributed by atoms with van der Waals surface area (Å²) in [5, 5.41) is 0. The fourth-order valence-electron chi connectivity index (χ4n) is 4.03. The predicted molar refractivity (Wildman–Crippen MR) is 139 cm³/mol. The summed E-state index contributed by atoms with van der Waals surface area (Å²) in [4.78, 5) is 0. The van der Waals surface area contributed by atoms with Gasteiger partial charge >= 0.3 is 7.12 Å². The zero-order valence-corrected chi connectivity index (χ0v) is 21.2. The van der Waals surface area contributed by atoms with E-state index in [1.54, 1.807) is 7.11 Å². The molecule has 0 spiro atoms. The molecule has 0 saturated heterocycles. The Kier molecular flexibility index (Phi) is 8.46. The van der Waals surface area contributed by atoms with Crippen molar-refractivity contribution in [3.63, 3.8) is 0 Å². The van der Waals surface area contributed by atoms with Crippen molar-refractivity contribution in [2.24, 2.45) is 0 Å². The topological polar surface area (TPSA) is 24.9 Å². The van der Waals surface area contributed by atoms with Gasteiger partial charge in [0.15, 0.2) is 0 Å². The molecular weight excluding hydrogens is 411 g/mol. The maximum Gasteiger partial charge on any atom is 0.494 e. The molecule has 0 aliphatic carbocycles. The summed E-state index contributed by atoms with van der Waals surface area (Å²) in [6, 6.07) is 28.4. The van der Waals surface area contributed by atoms with Crippen LogP contribution in [0.25, 0.3) is 22.3 Å². The van der Waals surface area contributed by atoms with Crippen LogP contribution in [-0.4, -0.2) is 66.6 Å². The highest BCUT2D eigenvalue weighted by Gasteiger charge is 2.35. The van der Waals surface area contributed by atoms with Crippen LogP contribution in [0.1, 0.15) is 0 Å². The van der Waals surface area contributed by atoms with Crippen molar-refractivity contribution in [1.29, 1.82) is 0 Å². The number of rotatable bonds is 10. The van der Waals surface area contributed by atoms with E-state index in [0.29, 0.717) is 6.61 Å². The largest absolute Gasteiger partial charge is 0.494 e. The smallest absolute Gasteiger partial charge is 0.410 e. The number of benzene rings is 3. The summed E-state index contributed by atoms with van der Waals surface area (Å²) in [5.74, 6) is 0. The Bertz CT molecular complexity index is 918. The Balaban J connectivity index is 1.99. The lowest BCUT2D eigenvalue weighted by Gasteiger charge is -2.39. The first kappa shape index (κ1) is 24.4. The summed E-state index contributed by atoms with van der Waals surface area (Å²) in [5.41, 5.74) is 5.67. The molecule has 0 aliphatic heterocycles. The van der Waals surface area contributed by atoms with Gasteiger partial charge in [0.05, 0.1) is 0 Å². The molecule has 0 aliphatic rings. The van der Waals surface area contributed by atoms with E-state index in [1.807, 2.05) is 12.1 Å². The molecule has 0 fully saturated rings. The molecular formula is C26H35BN2O2Si. The van der Waals surface area contributed by atoms with Gasteiger partial charge in [0.1, 0.15) is 0 Å². The molecule has 6 heteroatoms. The van der Waals surface area contributed by atoms with E-state index in [0.717, 1.165) is 33.8 Å². The zero-order valence-electron chi connectivity index (χ0n) is 20.2. The van der Waals surface area contributed by atoms with Gasteiger partial charge in [0, 0.05) is 13.7 Å². The van der Waals surface area contributed by atoms with Crippen molar-refractivity contribution in [1.82, 2.24) is 9.13 Å². The first-order valence-corrected chi connectivity index (χ1v) is 13.7. The van der Waals surface area contributed by atoms with Gasteiger partial charge < -0.3 is 18.4 Å². The lowest BCUT2D eigenvalue weighted by atomic mass is 9.70. The van der Waals surface area contributed by atoms with Crippen molar-refractivity contribution >= 4 is 21.0 Å². The van der Waals surface area contributed by atoms with E-state index < -0.39 is 15.5 Å². The highest BCUT2D eigenvalue weighted by molar-refractivity contribution is 6.73. The molecule has 4 nitrogen and oxygen atoms in total. The van der Waals surface area contributed by atoms with Crippen molar-refractivity contribution in [3.05, 3.63) is 78.9 Å². The van der Waals surface area contributed by atoms with E-state index in [-0.39, 0.29) is 0 Å². The van der Waals surface area contributed by atoms with Gasteiger partial charge in [0.25, 0.3) is 0 Å². The molecule has 168 valence electrons. The van der Waals surface area contributed by atoms with Crippen LogP contribution in [0.3, 0.4) is 0 Å². The summed E-state index contributed by atoms with van der Waals surface area (Å²) in [7, 11) is 8.18. The second-order valence-electron chi connectivity index (χ2n) is 8.69. The Morgan fingerprint density at radius 1 is 0.719 bits per heavy atom. The molecule has 0 radical (unpaired) electrons. The SMILES string of the molecule is COB(OCC[Si](C)(N(C)C)N(C)C)c1c(-c2ccccc2)cccc1-c1ccccc1. The highest BCUT2D eigenvalue weighted by atomic mass is 28.3. The van der Waals surface area contributed by atoms with Crippen molar-refractivity contribution in [2.75, 3.05) is 41.9 Å². The standard InChI is InChI=1S/C26H35BN2O2Si/c1-28(2)32(6,29(3)4)21-20-31-27(30-5)26-24(22-14-9-7-10-15-22)18-13-19-25(26)23-16-11-8-12-17-23/h7-19H,20-21H2,1-6H3. The fourth-order valence-corrected chi connectivity index (χ4v) is 6.23. The van der Waals surface area contributed by atoms with E-state index in [2.05, 4.69) is 111 Å². The third kappa shape index (κ3) is 5.39. The lowest BCUT2D eigenvalue weighted by Crippen LogP contribution is -2.59. The average Bonchev–Trinajstić information content (AvgIpc) is 2.82. The molecule has 0 N–H and O–H groups in total. The van der Waals surface area contributed by atoms with E-state index in [1.165, 1.54) is 0 Å². The minimum atomic E-state index is -1.75. The highest BCUT2D eigenvalue weighted by Crippen LogP contribution is 2.26. The maximum atomic E-state index is 6.46. The average molecular weight is 446 g/mol. The van der Waals surface area contributed by atoms with Gasteiger partial charge in [0.2, 0.25) is 8.40 Å². The monoisotopic (exact) mass is 446 g/mol. The zero-order chi connectivity index (χ0) is 23.1. The minimum absolute atomic E-state index is 0.454. The van der Waals surface area contributed by atoms with Crippen LogP contribution in [0, 0.1) is 0 Å². The Hall–Kier alpha value is -2.22. The molecule has 0 unspecified atom stereocenters. The minimum Gasteiger partial charge on any atom is -0.410 e. The predicted octanol–water partition coefficient (Wildman–Crippen LogP) is 4.57. The molecule has 3 aromatic carbocycles. The van der Waals surface area contributed by atoms with Crippen LogP contribution < -0.4 is 5.46 Å². The summed E-state index contributed by atoms with van der Waals surface area (Å²) >= 11 is 0. The molecule has 3 aromatic rings. The molecule has 32 heavy (non-hydrogen) atoms. The molecule has 0 amide bonds. The fraction of sp³-hybridized carbons (Fsp3) is 0.308. The number of nitrogens with zero attached hydrogens (tertiary/aromatic N) is 2. The first-order valence-electron chi connectivity index (χ1n) is 11.1. The first-order chi connectivity index (χ1) is 15.4. The molecule has 0 heterocycles. The van der Waals surface area contributed by atoms with Gasteiger partial charge in [-0.05, 0) is 68.5 Å². The Morgan fingerprint density at radius 3 is 1.59 bits per heavy atom. The molecule has 3 rings (SSSR count). The van der Waals surface area contributed by atoms with Crippen LogP contribution in [0.2, 0.25) is 12.6 Å². The third-order valence-electron chi connectivity index (χ3n) is 6.50. The van der Waals surface area contributed by atoms with Crippen LogP contribution >= 0.6 is 0 Å². The maximum absolute atomic E-state index is 6.46. The summed E-state index contributed by atoms with van der Waals surface area (Å²) in [6.07, 6.45) is 0. The molecule has 0 saturated carbocycles. The van der Waals surface area contributed by atoms with Gasteiger partial charge in [-0.1, -0.05) is 78.9 Å². The Morgan fingerprint density at radius 2 is 1.19 bits per heavy atom. The quantitative estimate of drug-likeness (QED) is 0.426. The number of hydrogen-bond acceptors (Lipinski definition) is 4. The normalized spacial score (nSPS) is 11.9. The van der Waals surface area contributed by atoms with Crippen LogP contribution in [0.4, 0.5) is 0 Å². The van der Waals surface area contributed by atoms with Gasteiger partial charge in [-0.3, -0.25) is 0 Å². The lowest BCUT2D eigenvalue weighted by molar-refractivity contribution is 0.249. The van der Waals surface area contributed by atoms with E-state index in [9.17, 15) is 0 Å². The van der Waals surface area contributed by atoms with Gasteiger partial charge in [-0.25, -0.2) is 0 Å². The van der Waals surface area contributed by atoms with E-state index >= 15 is 0 Å². The Labute approximate surface area is 195 Å². The second kappa shape index (κ2) is 11.1. The number of hydrogen-bond donors (Lipinski definition) is 0. The summed E-state index contributed by atoms with van der Waals surface area (Å²) in [6.45, 7) is 3.00. The van der Waals surface area contributed by atoms with Crippen LogP contribution in [-0.2, 0) is 9.31 Å². The van der Waals surface area contributed by atoms with Crippen molar-refractivity contribution < 1.29 is 9.31 Å². The van der Waals surface area contributed by atoms with Gasteiger partial charge in [-0.15, -0.1) is 0 Å². The second-order valence-corrected chi connectivity index (χ2v) is 13.4. The van der Waals surface area contributed by atoms with Crippen LogP contribution in [0.5, 0.6) is 0 Å².